The van der Waals surface area contributed by atoms with E-state index < -0.39 is 4.92 Å². The van der Waals surface area contributed by atoms with E-state index in [-0.39, 0.29) is 24.7 Å². The van der Waals surface area contributed by atoms with Crippen LogP contribution < -0.4 is 10.1 Å². The van der Waals surface area contributed by atoms with Crippen molar-refractivity contribution in [1.29, 1.82) is 0 Å². The zero-order valence-electron chi connectivity index (χ0n) is 15.2. The van der Waals surface area contributed by atoms with Gasteiger partial charge in [-0.2, -0.15) is 0 Å². The largest absolute Gasteiger partial charge is 0.484 e. The van der Waals surface area contributed by atoms with Crippen molar-refractivity contribution in [3.63, 3.8) is 0 Å². The molecule has 2 aromatic carbocycles. The van der Waals surface area contributed by atoms with Crippen molar-refractivity contribution in [1.82, 2.24) is 20.1 Å². The number of rotatable bonds is 8. The van der Waals surface area contributed by atoms with Gasteiger partial charge in [-0.3, -0.25) is 19.5 Å². The summed E-state index contributed by atoms with van der Waals surface area (Å²) in [5.41, 5.74) is 0.647. The van der Waals surface area contributed by atoms with Crippen LogP contribution in [0.1, 0.15) is 5.82 Å². The van der Waals surface area contributed by atoms with Crippen LogP contribution in [0.5, 0.6) is 5.75 Å². The summed E-state index contributed by atoms with van der Waals surface area (Å²) in [5.74, 6) is 0.690. The highest BCUT2D eigenvalue weighted by Crippen LogP contribution is 2.22. The van der Waals surface area contributed by atoms with Crippen LogP contribution in [0, 0.1) is 10.1 Å². The number of non-ortho nitro benzene ring substituents is 1. The molecular weight excluding hydrogens is 418 g/mol. The summed E-state index contributed by atoms with van der Waals surface area (Å²) in [6.07, 6.45) is 1.84. The molecule has 1 amide bonds. The standard InChI is InChI=1S/C18H16ClN5O4S/c1-29-18-22-21-16(23(18)13-4-6-14(7-5-13)24(26)27)10-20-17(25)11-28-15-8-2-12(19)3-9-15/h2-9H,10-11H2,1H3,(H,20,25). The maximum Gasteiger partial charge on any atom is 0.269 e. The summed E-state index contributed by atoms with van der Waals surface area (Å²) in [7, 11) is 0. The molecule has 150 valence electrons. The summed E-state index contributed by atoms with van der Waals surface area (Å²) in [5, 5.41) is 23.0. The zero-order chi connectivity index (χ0) is 20.8. The Kier molecular flexibility index (Phi) is 6.68. The van der Waals surface area contributed by atoms with Gasteiger partial charge in [-0.15, -0.1) is 10.2 Å². The number of amides is 1. The maximum absolute atomic E-state index is 12.1. The van der Waals surface area contributed by atoms with Crippen molar-refractivity contribution >= 4 is 35.0 Å². The highest BCUT2D eigenvalue weighted by Gasteiger charge is 2.15. The van der Waals surface area contributed by atoms with Crippen molar-refractivity contribution < 1.29 is 14.5 Å². The molecule has 9 nitrogen and oxygen atoms in total. The smallest absolute Gasteiger partial charge is 0.269 e. The number of nitrogens with one attached hydrogen (secondary N) is 1. The molecule has 0 fully saturated rings. The fourth-order valence-electron chi connectivity index (χ4n) is 2.44. The van der Waals surface area contributed by atoms with E-state index in [2.05, 4.69) is 15.5 Å². The second-order valence-corrected chi connectivity index (χ2v) is 6.94. The third-order valence-electron chi connectivity index (χ3n) is 3.83. The lowest BCUT2D eigenvalue weighted by molar-refractivity contribution is -0.384. The van der Waals surface area contributed by atoms with E-state index in [1.165, 1.54) is 23.9 Å². The second-order valence-electron chi connectivity index (χ2n) is 5.73. The Morgan fingerprint density at radius 3 is 2.52 bits per heavy atom. The SMILES string of the molecule is CSc1nnc(CNC(=O)COc2ccc(Cl)cc2)n1-c1ccc([N+](=O)[O-])cc1. The molecule has 0 aliphatic rings. The van der Waals surface area contributed by atoms with Crippen molar-refractivity contribution in [2.24, 2.45) is 0 Å². The predicted octanol–water partition coefficient (Wildman–Crippen LogP) is 3.25. The van der Waals surface area contributed by atoms with E-state index in [9.17, 15) is 14.9 Å². The summed E-state index contributed by atoms with van der Waals surface area (Å²) in [6, 6.07) is 12.7. The first-order valence-corrected chi connectivity index (χ1v) is 9.96. The Morgan fingerprint density at radius 1 is 1.21 bits per heavy atom. The number of nitro benzene ring substituents is 1. The van der Waals surface area contributed by atoms with Gasteiger partial charge in [0.05, 0.1) is 11.5 Å². The van der Waals surface area contributed by atoms with Gasteiger partial charge in [0.2, 0.25) is 0 Å². The third-order valence-corrected chi connectivity index (χ3v) is 4.71. The molecule has 0 saturated heterocycles. The Bertz CT molecular complexity index is 1010. The minimum atomic E-state index is -0.465. The minimum Gasteiger partial charge on any atom is -0.484 e. The van der Waals surface area contributed by atoms with Gasteiger partial charge in [-0.1, -0.05) is 23.4 Å². The molecule has 1 aromatic heterocycles. The van der Waals surface area contributed by atoms with Crippen LogP contribution in [0.4, 0.5) is 5.69 Å². The van der Waals surface area contributed by atoms with Crippen LogP contribution in [-0.2, 0) is 11.3 Å². The quantitative estimate of drug-likeness (QED) is 0.329. The van der Waals surface area contributed by atoms with E-state index in [0.29, 0.717) is 27.4 Å². The van der Waals surface area contributed by atoms with Crippen LogP contribution in [0.2, 0.25) is 5.02 Å². The third kappa shape index (κ3) is 5.24. The fourth-order valence-corrected chi connectivity index (χ4v) is 3.08. The van der Waals surface area contributed by atoms with Crippen LogP contribution in [0.25, 0.3) is 5.69 Å². The molecule has 0 aliphatic heterocycles. The van der Waals surface area contributed by atoms with Crippen molar-refractivity contribution in [3.8, 4) is 11.4 Å². The van der Waals surface area contributed by atoms with Crippen molar-refractivity contribution in [2.75, 3.05) is 12.9 Å². The lowest BCUT2D eigenvalue weighted by Gasteiger charge is -2.10. The van der Waals surface area contributed by atoms with Gasteiger partial charge in [0.1, 0.15) is 5.75 Å². The minimum absolute atomic E-state index is 0.0123. The number of benzene rings is 2. The lowest BCUT2D eigenvalue weighted by atomic mass is 10.3. The molecule has 29 heavy (non-hydrogen) atoms. The molecule has 0 spiro atoms. The van der Waals surface area contributed by atoms with Gasteiger partial charge in [-0.25, -0.2) is 0 Å². The summed E-state index contributed by atoms with van der Waals surface area (Å²) >= 11 is 7.18. The molecule has 0 saturated carbocycles. The van der Waals surface area contributed by atoms with E-state index >= 15 is 0 Å². The Morgan fingerprint density at radius 2 is 1.90 bits per heavy atom. The molecule has 1 N–H and O–H groups in total. The summed E-state index contributed by atoms with van der Waals surface area (Å²) in [4.78, 5) is 22.5. The van der Waals surface area contributed by atoms with E-state index in [4.69, 9.17) is 16.3 Å². The number of ether oxygens (including phenoxy) is 1. The second kappa shape index (κ2) is 9.39. The van der Waals surface area contributed by atoms with Crippen molar-refractivity contribution in [3.05, 3.63) is 69.5 Å². The molecule has 0 atom stereocenters. The van der Waals surface area contributed by atoms with Gasteiger partial charge >= 0.3 is 0 Å². The number of hydrogen-bond acceptors (Lipinski definition) is 7. The Hall–Kier alpha value is -3.11. The number of thioether (sulfide) groups is 1. The molecule has 0 radical (unpaired) electrons. The first-order chi connectivity index (χ1) is 14.0. The van der Waals surface area contributed by atoms with Gasteiger partial charge < -0.3 is 10.1 Å². The Balaban J connectivity index is 1.66. The number of aromatic nitrogens is 3. The molecule has 0 unspecified atom stereocenters. The van der Waals surface area contributed by atoms with Crippen molar-refractivity contribution in [2.45, 2.75) is 11.7 Å². The van der Waals surface area contributed by atoms with Crippen LogP contribution in [0.15, 0.2) is 53.7 Å². The van der Waals surface area contributed by atoms with Gasteiger partial charge in [-0.05, 0) is 42.7 Å². The Labute approximate surface area is 175 Å². The topological polar surface area (TPSA) is 112 Å². The monoisotopic (exact) mass is 433 g/mol. The normalized spacial score (nSPS) is 10.6. The molecule has 11 heteroatoms. The van der Waals surface area contributed by atoms with Crippen LogP contribution in [-0.4, -0.2) is 38.5 Å². The number of halogens is 1. The molecule has 1 heterocycles. The number of nitro groups is 1. The first kappa shape index (κ1) is 20.6. The van der Waals surface area contributed by atoms with Gasteiger partial charge in [0, 0.05) is 22.8 Å². The lowest BCUT2D eigenvalue weighted by Crippen LogP contribution is -2.29. The van der Waals surface area contributed by atoms with Crippen LogP contribution >= 0.6 is 23.4 Å². The van der Waals surface area contributed by atoms with Crippen LogP contribution in [0.3, 0.4) is 0 Å². The number of carbonyl (C=O) groups is 1. The summed E-state index contributed by atoms with van der Waals surface area (Å²) < 4.78 is 7.14. The molecule has 3 aromatic rings. The zero-order valence-corrected chi connectivity index (χ0v) is 16.8. The molecule has 0 aliphatic carbocycles. The number of carbonyl (C=O) groups excluding carboxylic acids is 1. The average molecular weight is 434 g/mol. The van der Waals surface area contributed by atoms with Gasteiger partial charge in [0.25, 0.3) is 11.6 Å². The number of nitrogens with zero attached hydrogens (tertiary/aromatic N) is 4. The molecule has 3 rings (SSSR count). The first-order valence-electron chi connectivity index (χ1n) is 8.36. The summed E-state index contributed by atoms with van der Waals surface area (Å²) in [6.45, 7) is -0.0456. The highest BCUT2D eigenvalue weighted by atomic mass is 35.5. The average Bonchev–Trinajstić information content (AvgIpc) is 3.15. The fraction of sp³-hybridized carbons (Fsp3) is 0.167. The maximum atomic E-state index is 12.1. The van der Waals surface area contributed by atoms with Gasteiger partial charge in [0.15, 0.2) is 17.6 Å². The van der Waals surface area contributed by atoms with E-state index in [0.717, 1.165) is 0 Å². The number of hydrogen-bond donors (Lipinski definition) is 1. The predicted molar refractivity (Wildman–Crippen MR) is 109 cm³/mol. The van der Waals surface area contributed by atoms with E-state index in [1.54, 1.807) is 41.0 Å². The highest BCUT2D eigenvalue weighted by molar-refractivity contribution is 7.98. The molecular formula is C18H16ClN5O4S. The molecule has 0 bridgehead atoms. The van der Waals surface area contributed by atoms with E-state index in [1.807, 2.05) is 6.26 Å².